The minimum Gasteiger partial charge on any atom is -0.350 e. The van der Waals surface area contributed by atoms with Crippen LogP contribution in [0.1, 0.15) is 35.8 Å². The van der Waals surface area contributed by atoms with Gasteiger partial charge >= 0.3 is 0 Å². The molecule has 0 aliphatic rings. The number of hydrogen-bond donors (Lipinski definition) is 2. The van der Waals surface area contributed by atoms with Crippen molar-refractivity contribution in [1.82, 2.24) is 15.5 Å². The van der Waals surface area contributed by atoms with Crippen molar-refractivity contribution in [3.05, 3.63) is 59.7 Å². The number of nitrogens with zero attached hydrogens (tertiary/aromatic N) is 1. The number of carbonyl (C=O) groups is 3. The zero-order valence-corrected chi connectivity index (χ0v) is 16.1. The number of benzene rings is 2. The predicted molar refractivity (Wildman–Crippen MR) is 105 cm³/mol. The Balaban J connectivity index is 2.11. The smallest absolute Gasteiger partial charge is 0.251 e. The van der Waals surface area contributed by atoms with Crippen LogP contribution in [0, 0.1) is 0 Å². The molecule has 0 saturated carbocycles. The van der Waals surface area contributed by atoms with Crippen LogP contribution >= 0.6 is 0 Å². The summed E-state index contributed by atoms with van der Waals surface area (Å²) in [5, 5.41) is 5.48. The van der Waals surface area contributed by atoms with E-state index in [2.05, 4.69) is 10.6 Å². The van der Waals surface area contributed by atoms with E-state index in [9.17, 15) is 14.4 Å². The third-order valence-electron chi connectivity index (χ3n) is 4.19. The van der Waals surface area contributed by atoms with Gasteiger partial charge < -0.3 is 15.5 Å². The molecule has 6 heteroatoms. The first-order valence-corrected chi connectivity index (χ1v) is 8.73. The van der Waals surface area contributed by atoms with Crippen LogP contribution < -0.4 is 10.6 Å². The van der Waals surface area contributed by atoms with E-state index in [0.29, 0.717) is 5.56 Å². The van der Waals surface area contributed by atoms with Gasteiger partial charge in [-0.3, -0.25) is 14.4 Å². The molecule has 2 aromatic rings. The molecule has 2 aromatic carbocycles. The summed E-state index contributed by atoms with van der Waals surface area (Å²) in [5.74, 6) is -0.524. The van der Waals surface area contributed by atoms with Crippen LogP contribution in [-0.2, 0) is 9.59 Å². The van der Waals surface area contributed by atoms with E-state index in [1.54, 1.807) is 26.2 Å². The highest BCUT2D eigenvalue weighted by molar-refractivity contribution is 5.97. The molecule has 2 N–H and O–H groups in total. The maximum absolute atomic E-state index is 12.3. The van der Waals surface area contributed by atoms with Gasteiger partial charge in [0.15, 0.2) is 0 Å². The van der Waals surface area contributed by atoms with Gasteiger partial charge in [-0.25, -0.2) is 0 Å². The Labute approximate surface area is 159 Å². The Morgan fingerprint density at radius 1 is 1.00 bits per heavy atom. The molecule has 3 amide bonds. The van der Waals surface area contributed by atoms with E-state index in [-0.39, 0.29) is 30.3 Å². The molecule has 0 fully saturated rings. The number of hydrogen-bond acceptors (Lipinski definition) is 3. The maximum Gasteiger partial charge on any atom is 0.251 e. The van der Waals surface area contributed by atoms with Crippen LogP contribution in [0.2, 0.25) is 0 Å². The molecule has 0 saturated heterocycles. The number of likely N-dealkylation sites (N-methyl/N-ethyl adjacent to an activating group) is 1. The third kappa shape index (κ3) is 5.67. The summed E-state index contributed by atoms with van der Waals surface area (Å²) in [6.45, 7) is 3.38. The first-order chi connectivity index (χ1) is 12.8. The van der Waals surface area contributed by atoms with Gasteiger partial charge in [-0.1, -0.05) is 36.4 Å². The quantitative estimate of drug-likeness (QED) is 0.823. The molecule has 2 rings (SSSR count). The highest BCUT2D eigenvalue weighted by Gasteiger charge is 2.11. The fraction of sp³-hybridized carbons (Fsp3) is 0.286. The van der Waals surface area contributed by atoms with Crippen molar-refractivity contribution in [2.24, 2.45) is 0 Å². The van der Waals surface area contributed by atoms with Gasteiger partial charge in [0.2, 0.25) is 11.8 Å². The molecular weight excluding hydrogens is 342 g/mol. The summed E-state index contributed by atoms with van der Waals surface area (Å²) in [4.78, 5) is 36.5. The molecule has 1 atom stereocenters. The lowest BCUT2D eigenvalue weighted by molar-refractivity contribution is -0.127. The highest BCUT2D eigenvalue weighted by Crippen LogP contribution is 2.23. The van der Waals surface area contributed by atoms with E-state index in [1.807, 2.05) is 43.3 Å². The molecule has 0 aromatic heterocycles. The minimum atomic E-state index is -0.289. The molecule has 0 unspecified atom stereocenters. The van der Waals surface area contributed by atoms with Gasteiger partial charge in [-0.05, 0) is 35.7 Å². The molecule has 142 valence electrons. The van der Waals surface area contributed by atoms with E-state index >= 15 is 0 Å². The monoisotopic (exact) mass is 367 g/mol. The van der Waals surface area contributed by atoms with Crippen molar-refractivity contribution >= 4 is 17.7 Å². The molecule has 0 aliphatic carbocycles. The molecule has 6 nitrogen and oxygen atoms in total. The number of rotatable bonds is 6. The van der Waals surface area contributed by atoms with Crippen LogP contribution in [-0.4, -0.2) is 43.3 Å². The minimum absolute atomic E-state index is 0.0359. The lowest BCUT2D eigenvalue weighted by Crippen LogP contribution is -2.36. The van der Waals surface area contributed by atoms with Crippen molar-refractivity contribution in [3.8, 4) is 11.1 Å². The molecule has 27 heavy (non-hydrogen) atoms. The molecule has 0 bridgehead atoms. The maximum atomic E-state index is 12.3. The third-order valence-corrected chi connectivity index (χ3v) is 4.19. The standard InChI is InChI=1S/C21H25N3O3/c1-14(23-15(2)25)16-8-10-17(11-9-16)18-6-5-7-19(12-18)21(27)22-13-20(26)24(3)4/h5-12,14H,13H2,1-4H3,(H,22,27)(H,23,25)/t14-/m1/s1. The fourth-order valence-electron chi connectivity index (χ4n) is 2.61. The lowest BCUT2D eigenvalue weighted by atomic mass is 9.99. The average Bonchev–Trinajstić information content (AvgIpc) is 2.65. The van der Waals surface area contributed by atoms with E-state index in [4.69, 9.17) is 0 Å². The fourth-order valence-corrected chi connectivity index (χ4v) is 2.61. The summed E-state index contributed by atoms with van der Waals surface area (Å²) < 4.78 is 0. The summed E-state index contributed by atoms with van der Waals surface area (Å²) in [6.07, 6.45) is 0. The van der Waals surface area contributed by atoms with Gasteiger partial charge in [0.05, 0.1) is 12.6 Å². The van der Waals surface area contributed by atoms with Gasteiger partial charge in [0.1, 0.15) is 0 Å². The number of amides is 3. The van der Waals surface area contributed by atoms with Crippen molar-refractivity contribution in [1.29, 1.82) is 0 Å². The van der Waals surface area contributed by atoms with Crippen LogP contribution in [0.4, 0.5) is 0 Å². The molecule has 0 spiro atoms. The topological polar surface area (TPSA) is 78.5 Å². The van der Waals surface area contributed by atoms with E-state index in [0.717, 1.165) is 16.7 Å². The van der Waals surface area contributed by atoms with Crippen molar-refractivity contribution < 1.29 is 14.4 Å². The largest absolute Gasteiger partial charge is 0.350 e. The summed E-state index contributed by atoms with van der Waals surface area (Å²) in [5.41, 5.74) is 3.37. The number of carbonyl (C=O) groups excluding carboxylic acids is 3. The van der Waals surface area contributed by atoms with Gasteiger partial charge in [-0.15, -0.1) is 0 Å². The summed E-state index contributed by atoms with van der Waals surface area (Å²) in [7, 11) is 3.29. The summed E-state index contributed by atoms with van der Waals surface area (Å²) >= 11 is 0. The Hall–Kier alpha value is -3.15. The zero-order valence-electron chi connectivity index (χ0n) is 16.1. The molecule has 0 heterocycles. The van der Waals surface area contributed by atoms with E-state index < -0.39 is 0 Å². The highest BCUT2D eigenvalue weighted by atomic mass is 16.2. The Kier molecular flexibility index (Phi) is 6.71. The zero-order chi connectivity index (χ0) is 20.0. The lowest BCUT2D eigenvalue weighted by Gasteiger charge is -2.14. The van der Waals surface area contributed by atoms with Crippen molar-refractivity contribution in [2.75, 3.05) is 20.6 Å². The average molecular weight is 367 g/mol. The van der Waals surface area contributed by atoms with Crippen molar-refractivity contribution in [2.45, 2.75) is 19.9 Å². The van der Waals surface area contributed by atoms with Crippen LogP contribution in [0.5, 0.6) is 0 Å². The molecular formula is C21H25N3O3. The number of nitrogens with one attached hydrogen (secondary N) is 2. The molecule has 0 aliphatic heterocycles. The Morgan fingerprint density at radius 2 is 1.67 bits per heavy atom. The second kappa shape index (κ2) is 8.98. The molecule has 0 radical (unpaired) electrons. The first-order valence-electron chi connectivity index (χ1n) is 8.73. The van der Waals surface area contributed by atoms with Crippen molar-refractivity contribution in [3.63, 3.8) is 0 Å². The van der Waals surface area contributed by atoms with Gasteiger partial charge in [-0.2, -0.15) is 0 Å². The SMILES string of the molecule is CC(=O)N[C@H](C)c1ccc(-c2cccc(C(=O)NCC(=O)N(C)C)c2)cc1. The second-order valence-corrected chi connectivity index (χ2v) is 6.60. The van der Waals surface area contributed by atoms with Crippen LogP contribution in [0.15, 0.2) is 48.5 Å². The summed E-state index contributed by atoms with van der Waals surface area (Å²) in [6, 6.07) is 15.0. The normalized spacial score (nSPS) is 11.4. The second-order valence-electron chi connectivity index (χ2n) is 6.60. The Morgan fingerprint density at radius 3 is 2.26 bits per heavy atom. The van der Waals surface area contributed by atoms with E-state index in [1.165, 1.54) is 11.8 Å². The van der Waals surface area contributed by atoms with Gasteiger partial charge in [0, 0.05) is 26.6 Å². The van der Waals surface area contributed by atoms with Crippen LogP contribution in [0.25, 0.3) is 11.1 Å². The predicted octanol–water partition coefficient (Wildman–Crippen LogP) is 2.37. The van der Waals surface area contributed by atoms with Gasteiger partial charge in [0.25, 0.3) is 5.91 Å². The van der Waals surface area contributed by atoms with Crippen LogP contribution in [0.3, 0.4) is 0 Å². The first kappa shape index (κ1) is 20.2. The Bertz CT molecular complexity index is 829.